The highest BCUT2D eigenvalue weighted by molar-refractivity contribution is 6.23. The fourth-order valence-electron chi connectivity index (χ4n) is 20.6. The van der Waals surface area contributed by atoms with E-state index in [1.54, 1.807) is 0 Å². The van der Waals surface area contributed by atoms with Crippen LogP contribution in [0.1, 0.15) is 22.3 Å². The molecule has 0 N–H and O–H groups in total. The lowest BCUT2D eigenvalue weighted by molar-refractivity contribution is 1.16. The number of hydrogen-bond acceptors (Lipinski definition) is 0. The molecular formula is C124H89N7. The maximum Gasteiger partial charge on any atom is 0.0562 e. The molecule has 20 aromatic carbocycles. The average Bonchev–Trinajstić information content (AvgIpc) is 1.56. The molecule has 0 bridgehead atoms. The van der Waals surface area contributed by atoms with Crippen molar-refractivity contribution in [1.82, 2.24) is 32.0 Å². The number of aryl methyl sites for hydroxylation is 4. The third kappa shape index (κ3) is 13.3. The first-order chi connectivity index (χ1) is 64.7. The lowest BCUT2D eigenvalue weighted by Crippen LogP contribution is -1.96. The summed E-state index contributed by atoms with van der Waals surface area (Å²) in [6.07, 6.45) is 0. The number of hydrogen-bond donors (Lipinski definition) is 0. The molecule has 131 heavy (non-hydrogen) atoms. The van der Waals surface area contributed by atoms with Crippen LogP contribution in [-0.2, 0) is 0 Å². The molecule has 0 fully saturated rings. The summed E-state index contributed by atoms with van der Waals surface area (Å²) in [5.74, 6) is 0. The fraction of sp³-hybridized carbons (Fsp3) is 0.0323. The largest absolute Gasteiger partial charge is 0.309 e. The van der Waals surface area contributed by atoms with E-state index in [-0.39, 0.29) is 0 Å². The molecule has 0 radical (unpaired) electrons. The van der Waals surface area contributed by atoms with E-state index in [0.29, 0.717) is 0 Å². The van der Waals surface area contributed by atoms with Gasteiger partial charge in [-0.3, -0.25) is 0 Å². The minimum absolute atomic E-state index is 1.18. The molecule has 0 spiro atoms. The zero-order valence-electron chi connectivity index (χ0n) is 73.1. The first-order valence-corrected chi connectivity index (χ1v) is 45.2. The fourth-order valence-corrected chi connectivity index (χ4v) is 20.6. The Kier molecular flexibility index (Phi) is 19.0. The predicted octanol–water partition coefficient (Wildman–Crippen LogP) is 33.0. The van der Waals surface area contributed by atoms with E-state index in [2.05, 4.69) is 527 Å². The van der Waals surface area contributed by atoms with Crippen molar-refractivity contribution in [3.05, 3.63) is 489 Å². The van der Waals surface area contributed by atoms with Gasteiger partial charge in [0.1, 0.15) is 0 Å². The zero-order chi connectivity index (χ0) is 87.3. The van der Waals surface area contributed by atoms with E-state index in [9.17, 15) is 0 Å². The van der Waals surface area contributed by atoms with Crippen LogP contribution < -0.4 is 0 Å². The monoisotopic (exact) mass is 1680 g/mol. The van der Waals surface area contributed by atoms with Gasteiger partial charge in [-0.2, -0.15) is 0 Å². The highest BCUT2D eigenvalue weighted by atomic mass is 15.0. The minimum Gasteiger partial charge on any atom is -0.309 e. The maximum atomic E-state index is 2.41. The molecule has 0 saturated heterocycles. The van der Waals surface area contributed by atoms with E-state index >= 15 is 0 Å². The summed E-state index contributed by atoms with van der Waals surface area (Å²) in [5.41, 5.74) is 35.6. The first-order valence-electron chi connectivity index (χ1n) is 45.2. The van der Waals surface area contributed by atoms with Crippen molar-refractivity contribution in [2.24, 2.45) is 0 Å². The molecule has 0 aliphatic heterocycles. The van der Waals surface area contributed by atoms with Gasteiger partial charge in [0, 0.05) is 115 Å². The van der Waals surface area contributed by atoms with Crippen molar-refractivity contribution in [3.63, 3.8) is 0 Å². The predicted molar refractivity (Wildman–Crippen MR) is 556 cm³/mol. The Bertz CT molecular complexity index is 8960. The Balaban J connectivity index is 0.0000000966. The van der Waals surface area contributed by atoms with Gasteiger partial charge in [-0.05, 0) is 250 Å². The molecule has 7 aromatic heterocycles. The van der Waals surface area contributed by atoms with Gasteiger partial charge < -0.3 is 32.0 Å². The minimum atomic E-state index is 1.18. The van der Waals surface area contributed by atoms with Crippen molar-refractivity contribution in [3.8, 4) is 62.1 Å². The zero-order valence-corrected chi connectivity index (χ0v) is 73.1. The van der Waals surface area contributed by atoms with Crippen molar-refractivity contribution < 1.29 is 0 Å². The summed E-state index contributed by atoms with van der Waals surface area (Å²) in [7, 11) is 0. The SMILES string of the molecule is Cc1ccc2c(c1)c1cc3c(cc1n2-c1ccccc1)c1ccccc1n3-c1ccccc1.Cc1ccc2c(c1)c1cc3c4ccccc4n(-c4ccccc4)c3cc1n2-c1ccccc1.Cc1ccc2c(c1)c1ccccc1n2-c1cc(-c2ccccc2)cc(-c2ccccc2)c1.Cc1ccc2c3cc4c5ccccc5n(-c5ccccc5)c4cc3n(-c3ccccc3)c2c1. The normalized spacial score (nSPS) is 11.7. The van der Waals surface area contributed by atoms with Gasteiger partial charge in [-0.25, -0.2) is 0 Å². The van der Waals surface area contributed by atoms with Crippen LogP contribution in [0.4, 0.5) is 0 Å². The lowest BCUT2D eigenvalue weighted by Gasteiger charge is -2.14. The van der Waals surface area contributed by atoms with Crippen LogP contribution in [0.15, 0.2) is 467 Å². The molecule has 27 rings (SSSR count). The Morgan fingerprint density at radius 3 is 0.626 bits per heavy atom. The molecule has 0 unspecified atom stereocenters. The van der Waals surface area contributed by atoms with E-state index in [0.717, 1.165) is 0 Å². The Morgan fingerprint density at radius 1 is 0.107 bits per heavy atom. The van der Waals surface area contributed by atoms with Crippen LogP contribution in [0.25, 0.3) is 215 Å². The third-order valence-electron chi connectivity index (χ3n) is 26.4. The molecular weight excluding hydrogens is 1590 g/mol. The Hall–Kier alpha value is -17.0. The van der Waals surface area contributed by atoms with Crippen LogP contribution in [0.3, 0.4) is 0 Å². The molecule has 0 amide bonds. The molecule has 0 aliphatic rings. The molecule has 620 valence electrons. The van der Waals surface area contributed by atoms with Gasteiger partial charge in [0.15, 0.2) is 0 Å². The maximum absolute atomic E-state index is 2.41. The number of rotatable bonds is 9. The standard InChI is InChI=1S/3C31H22N2.C31H23N/c1-21-16-17-29-25(18-21)27-20-30-26(19-31(27)33(29)23-12-6-3-7-13-23)24-14-8-9-15-28(24)32(30)22-10-4-2-5-11-22;1-21-16-17-29-25(18-21)27-19-26-24-14-8-9-15-28(24)32(22-10-4-2-5-11-22)30(26)20-31(27)33(29)23-12-6-3-7-13-23;1-21-16-17-25-27-19-26-24-14-8-9-15-28(24)32(22-10-4-2-5-11-22)30(26)20-31(27)33(29(25)18-21)23-12-6-3-7-13-23;1-22-16-17-31-29(18-22)28-14-8-9-15-30(28)32(31)27-20-25(23-10-4-2-5-11-23)19-26(21-27)24-12-6-3-7-13-24/h3*2-20H,1H3;2-21H,1H3. The number of aromatic nitrogens is 7. The molecule has 7 heteroatoms. The van der Waals surface area contributed by atoms with Gasteiger partial charge in [0.05, 0.1) is 77.2 Å². The smallest absolute Gasteiger partial charge is 0.0562 e. The summed E-state index contributed by atoms with van der Waals surface area (Å²) in [4.78, 5) is 0. The van der Waals surface area contributed by atoms with Crippen molar-refractivity contribution >= 4 is 153 Å². The van der Waals surface area contributed by atoms with Gasteiger partial charge in [0.2, 0.25) is 0 Å². The second kappa shape index (κ2) is 32.1. The number of fused-ring (bicyclic) bond motifs is 21. The summed E-state index contributed by atoms with van der Waals surface area (Å²) in [6.45, 7) is 8.67. The van der Waals surface area contributed by atoms with Gasteiger partial charge in [-0.15, -0.1) is 0 Å². The van der Waals surface area contributed by atoms with Crippen molar-refractivity contribution in [1.29, 1.82) is 0 Å². The van der Waals surface area contributed by atoms with Crippen LogP contribution in [0.5, 0.6) is 0 Å². The number of para-hydroxylation sites is 10. The van der Waals surface area contributed by atoms with Crippen LogP contribution in [0.2, 0.25) is 0 Å². The second-order valence-electron chi connectivity index (χ2n) is 34.7. The highest BCUT2D eigenvalue weighted by Crippen LogP contribution is 2.46. The van der Waals surface area contributed by atoms with Gasteiger partial charge >= 0.3 is 0 Å². The summed E-state index contributed by atoms with van der Waals surface area (Å²) >= 11 is 0. The molecule has 0 saturated carbocycles. The summed E-state index contributed by atoms with van der Waals surface area (Å²) in [6, 6.07) is 169. The van der Waals surface area contributed by atoms with Crippen LogP contribution >= 0.6 is 0 Å². The molecule has 0 atom stereocenters. The van der Waals surface area contributed by atoms with Crippen LogP contribution in [0, 0.1) is 27.7 Å². The topological polar surface area (TPSA) is 34.5 Å². The van der Waals surface area contributed by atoms with Crippen molar-refractivity contribution in [2.45, 2.75) is 27.7 Å². The summed E-state index contributed by atoms with van der Waals surface area (Å²) in [5, 5.41) is 18.0. The Labute approximate surface area is 758 Å². The lowest BCUT2D eigenvalue weighted by atomic mass is 9.98. The molecule has 7 nitrogen and oxygen atoms in total. The van der Waals surface area contributed by atoms with E-state index in [4.69, 9.17) is 0 Å². The van der Waals surface area contributed by atoms with Gasteiger partial charge in [0.25, 0.3) is 0 Å². The van der Waals surface area contributed by atoms with Crippen molar-refractivity contribution in [2.75, 3.05) is 0 Å². The number of benzene rings is 20. The van der Waals surface area contributed by atoms with E-state index < -0.39 is 0 Å². The highest BCUT2D eigenvalue weighted by Gasteiger charge is 2.24. The molecule has 27 aromatic rings. The molecule has 7 heterocycles. The third-order valence-corrected chi connectivity index (χ3v) is 26.4. The number of nitrogens with zero attached hydrogens (tertiary/aromatic N) is 7. The molecule has 0 aliphatic carbocycles. The van der Waals surface area contributed by atoms with Crippen LogP contribution in [-0.4, -0.2) is 32.0 Å². The second-order valence-corrected chi connectivity index (χ2v) is 34.7. The quantitative estimate of drug-likeness (QED) is 0.138. The average molecular weight is 1680 g/mol. The van der Waals surface area contributed by atoms with E-state index in [1.165, 1.54) is 237 Å². The first kappa shape index (κ1) is 77.6. The summed E-state index contributed by atoms with van der Waals surface area (Å²) < 4.78 is 16.8. The van der Waals surface area contributed by atoms with E-state index in [1.807, 2.05) is 0 Å². The Morgan fingerprint density at radius 2 is 0.305 bits per heavy atom. The van der Waals surface area contributed by atoms with Gasteiger partial charge in [-0.1, -0.05) is 290 Å².